The molecule has 0 heterocycles. The van der Waals surface area contributed by atoms with Crippen molar-refractivity contribution in [3.63, 3.8) is 0 Å². The second kappa shape index (κ2) is 2.73. The second-order valence-electron chi connectivity index (χ2n) is 5.41. The van der Waals surface area contributed by atoms with Crippen LogP contribution in [0.2, 0.25) is 0 Å². The van der Waals surface area contributed by atoms with Crippen molar-refractivity contribution in [2.75, 3.05) is 0 Å². The van der Waals surface area contributed by atoms with Crippen molar-refractivity contribution in [3.05, 3.63) is 0 Å². The van der Waals surface area contributed by atoms with Crippen LogP contribution in [0.15, 0.2) is 0 Å². The van der Waals surface area contributed by atoms with E-state index in [1.165, 1.54) is 6.42 Å². The fourth-order valence-corrected chi connectivity index (χ4v) is 5.78. The Labute approximate surface area is 84.6 Å². The highest BCUT2D eigenvalue weighted by Crippen LogP contribution is 2.55. The summed E-state index contributed by atoms with van der Waals surface area (Å²) in [5, 5.41) is -0.421. The van der Waals surface area contributed by atoms with Gasteiger partial charge in [-0.25, -0.2) is 0 Å². The van der Waals surface area contributed by atoms with E-state index in [0.29, 0.717) is 0 Å². The highest BCUT2D eigenvalue weighted by atomic mass is 32.2. The van der Waals surface area contributed by atoms with Crippen molar-refractivity contribution in [2.45, 2.75) is 37.4 Å². The molecule has 0 amide bonds. The monoisotopic (exact) mass is 216 g/mol. The summed E-state index contributed by atoms with van der Waals surface area (Å²) in [5.74, 6) is 2.05. The summed E-state index contributed by atoms with van der Waals surface area (Å²) < 4.78 is 31.8. The molecule has 4 fully saturated rings. The van der Waals surface area contributed by atoms with Gasteiger partial charge in [0.1, 0.15) is 0 Å². The molecule has 4 saturated carbocycles. The molecule has 14 heavy (non-hydrogen) atoms. The minimum atomic E-state index is -3.79. The molecule has 0 saturated heterocycles. The van der Waals surface area contributed by atoms with Gasteiger partial charge in [0.15, 0.2) is 0 Å². The van der Waals surface area contributed by atoms with Crippen LogP contribution in [-0.4, -0.2) is 18.2 Å². The maximum absolute atomic E-state index is 11.3. The molecule has 0 unspecified atom stereocenters. The predicted octanol–water partition coefficient (Wildman–Crippen LogP) is 1.70. The summed E-state index contributed by atoms with van der Waals surface area (Å²) in [6.07, 6.45) is 5.47. The van der Waals surface area contributed by atoms with Gasteiger partial charge in [0, 0.05) is 0 Å². The van der Waals surface area contributed by atoms with Gasteiger partial charge in [-0.2, -0.15) is 8.42 Å². The van der Waals surface area contributed by atoms with Crippen LogP contribution in [0, 0.1) is 23.7 Å². The van der Waals surface area contributed by atoms with Crippen LogP contribution < -0.4 is 0 Å². The average Bonchev–Trinajstić information content (AvgIpc) is 1.97. The lowest BCUT2D eigenvalue weighted by Gasteiger charge is -2.52. The molecule has 4 rings (SSSR count). The van der Waals surface area contributed by atoms with Crippen LogP contribution in [0.1, 0.15) is 32.1 Å². The van der Waals surface area contributed by atoms with Crippen molar-refractivity contribution in [1.82, 2.24) is 0 Å². The Morgan fingerprint density at radius 2 is 1.29 bits per heavy atom. The molecule has 4 bridgehead atoms. The Morgan fingerprint density at radius 1 is 0.857 bits per heavy atom. The lowest BCUT2D eigenvalue weighted by atomic mass is 9.56. The molecule has 4 aliphatic rings. The van der Waals surface area contributed by atoms with Gasteiger partial charge in [-0.15, -0.1) is 0 Å². The first-order valence-electron chi connectivity index (χ1n) is 5.50. The molecule has 4 aliphatic carbocycles. The quantitative estimate of drug-likeness (QED) is 0.679. The van der Waals surface area contributed by atoms with E-state index in [1.54, 1.807) is 0 Å². The summed E-state index contributed by atoms with van der Waals surface area (Å²) in [6.45, 7) is 0. The van der Waals surface area contributed by atoms with E-state index in [4.69, 9.17) is 0 Å². The molecule has 0 atom stereocenters. The Morgan fingerprint density at radius 3 is 1.64 bits per heavy atom. The largest absolute Gasteiger partial charge is 0.285 e. The van der Waals surface area contributed by atoms with E-state index in [1.807, 2.05) is 0 Å². The van der Waals surface area contributed by atoms with Crippen molar-refractivity contribution in [1.29, 1.82) is 0 Å². The van der Waals surface area contributed by atoms with Crippen molar-refractivity contribution in [3.8, 4) is 0 Å². The van der Waals surface area contributed by atoms with Crippen LogP contribution in [0.4, 0.5) is 0 Å². The van der Waals surface area contributed by atoms with E-state index in [2.05, 4.69) is 0 Å². The highest BCUT2D eigenvalue weighted by molar-refractivity contribution is 7.86. The van der Waals surface area contributed by atoms with Crippen LogP contribution in [0.5, 0.6) is 0 Å². The molecule has 3 nitrogen and oxygen atoms in total. The zero-order chi connectivity index (χ0) is 9.92. The summed E-state index contributed by atoms with van der Waals surface area (Å²) in [4.78, 5) is 0. The fourth-order valence-electron chi connectivity index (χ4n) is 4.36. The smallest absolute Gasteiger partial charge is 0.268 e. The number of rotatable bonds is 1. The third-order valence-corrected chi connectivity index (χ3v) is 5.94. The molecule has 0 aromatic carbocycles. The molecule has 0 aliphatic heterocycles. The maximum Gasteiger partial charge on any atom is 0.268 e. The Balaban J connectivity index is 1.95. The van der Waals surface area contributed by atoms with E-state index in [0.717, 1.165) is 37.5 Å². The molecule has 0 aromatic heterocycles. The molecular weight excluding hydrogens is 200 g/mol. The molecule has 0 spiro atoms. The highest BCUT2D eigenvalue weighted by Gasteiger charge is 2.52. The van der Waals surface area contributed by atoms with E-state index >= 15 is 0 Å². The second-order valence-corrected chi connectivity index (χ2v) is 6.98. The molecule has 0 aromatic rings. The van der Waals surface area contributed by atoms with Gasteiger partial charge in [0.05, 0.1) is 5.25 Å². The zero-order valence-corrected chi connectivity index (χ0v) is 8.91. The predicted molar refractivity (Wildman–Crippen MR) is 52.4 cm³/mol. The first-order valence-corrected chi connectivity index (χ1v) is 7.00. The minimum Gasteiger partial charge on any atom is -0.285 e. The van der Waals surface area contributed by atoms with Gasteiger partial charge in [0.25, 0.3) is 10.1 Å². The summed E-state index contributed by atoms with van der Waals surface area (Å²) in [6, 6.07) is 0. The van der Waals surface area contributed by atoms with E-state index < -0.39 is 15.4 Å². The lowest BCUT2D eigenvalue weighted by Crippen LogP contribution is -2.51. The summed E-state index contributed by atoms with van der Waals surface area (Å²) in [7, 11) is -3.79. The number of hydrogen-bond acceptors (Lipinski definition) is 2. The Hall–Kier alpha value is -0.0900. The summed E-state index contributed by atoms with van der Waals surface area (Å²) >= 11 is 0. The van der Waals surface area contributed by atoms with Crippen LogP contribution in [0.25, 0.3) is 0 Å². The van der Waals surface area contributed by atoms with Crippen LogP contribution in [0.3, 0.4) is 0 Å². The fraction of sp³-hybridized carbons (Fsp3) is 1.00. The lowest BCUT2D eigenvalue weighted by molar-refractivity contribution is 0.0214. The average molecular weight is 216 g/mol. The molecular formula is C10H16O3S. The van der Waals surface area contributed by atoms with Gasteiger partial charge < -0.3 is 0 Å². The van der Waals surface area contributed by atoms with Gasteiger partial charge in [0.2, 0.25) is 0 Å². The molecule has 80 valence electrons. The van der Waals surface area contributed by atoms with Crippen LogP contribution in [-0.2, 0) is 10.1 Å². The first-order chi connectivity index (χ1) is 6.54. The van der Waals surface area contributed by atoms with Crippen LogP contribution >= 0.6 is 0 Å². The topological polar surface area (TPSA) is 54.4 Å². The van der Waals surface area contributed by atoms with E-state index in [9.17, 15) is 13.0 Å². The third kappa shape index (κ3) is 1.23. The molecule has 4 heteroatoms. The normalized spacial score (nSPS) is 51.1. The minimum absolute atomic E-state index is 0.265. The zero-order valence-electron chi connectivity index (χ0n) is 8.09. The molecule has 0 radical (unpaired) electrons. The Bertz CT molecular complexity index is 318. The van der Waals surface area contributed by atoms with Gasteiger partial charge in [-0.3, -0.25) is 4.55 Å². The molecule has 1 N–H and O–H groups in total. The van der Waals surface area contributed by atoms with Gasteiger partial charge in [-0.05, 0) is 55.8 Å². The standard InChI is InChI=1S/C10H16O3S/c11-14(12,13)10-8-2-6-1-7(4-8)5-9(10)3-6/h6-10H,1-5H2,(H,11,12,13). The first kappa shape index (κ1) is 9.16. The summed E-state index contributed by atoms with van der Waals surface area (Å²) in [5.41, 5.74) is 0. The van der Waals surface area contributed by atoms with Crippen molar-refractivity contribution >= 4 is 10.1 Å². The third-order valence-electron chi connectivity index (χ3n) is 4.48. The maximum atomic E-state index is 11.3. The Kier molecular flexibility index (Phi) is 1.78. The van der Waals surface area contributed by atoms with Crippen molar-refractivity contribution in [2.24, 2.45) is 23.7 Å². The van der Waals surface area contributed by atoms with Gasteiger partial charge in [-0.1, -0.05) is 0 Å². The van der Waals surface area contributed by atoms with Gasteiger partial charge >= 0.3 is 0 Å². The SMILES string of the molecule is O=S(=O)(O)C1C2CC3CC(C2)CC1C3. The van der Waals surface area contributed by atoms with E-state index in [-0.39, 0.29) is 11.8 Å². The number of hydrogen-bond donors (Lipinski definition) is 1. The van der Waals surface area contributed by atoms with Crippen molar-refractivity contribution < 1.29 is 13.0 Å².